The van der Waals surface area contributed by atoms with Crippen LogP contribution in [0.1, 0.15) is 16.8 Å². The van der Waals surface area contributed by atoms with Crippen molar-refractivity contribution in [1.82, 2.24) is 4.98 Å². The minimum Gasteiger partial charge on any atom is -0.505 e. The Hall–Kier alpha value is -1.47. The minimum absolute atomic E-state index is 0.150. The molecule has 0 fully saturated rings. The number of phosphoric ester groups is 1. The van der Waals surface area contributed by atoms with E-state index >= 15 is 0 Å². The fraction of sp³-hybridized carbons (Fsp3) is 0.333. The fourth-order valence-corrected chi connectivity index (χ4v) is 1.48. The van der Waals surface area contributed by atoms with E-state index < -0.39 is 14.4 Å². The van der Waals surface area contributed by atoms with Crippen LogP contribution in [0.15, 0.2) is 11.4 Å². The maximum atomic E-state index is 10.6. The van der Waals surface area contributed by atoms with Gasteiger partial charge in [-0.05, 0) is 6.92 Å². The molecule has 1 rings (SSSR count). The highest BCUT2D eigenvalue weighted by Gasteiger charge is 2.17. The van der Waals surface area contributed by atoms with Crippen LogP contribution in [0.3, 0.4) is 0 Å². The summed E-state index contributed by atoms with van der Waals surface area (Å²) in [6.07, 6.45) is 2.55. The first kappa shape index (κ1) is 14.6. The fourth-order valence-electron chi connectivity index (χ4n) is 1.17. The van der Waals surface area contributed by atoms with Gasteiger partial charge in [0.15, 0.2) is 0 Å². The lowest BCUT2D eigenvalue weighted by Crippen LogP contribution is -2.00. The number of aromatic nitrogens is 1. The number of phosphoric acid groups is 1. The quantitative estimate of drug-likeness (QED) is 0.410. The van der Waals surface area contributed by atoms with Crippen molar-refractivity contribution in [1.29, 1.82) is 0 Å². The largest absolute Gasteiger partial charge is 0.505 e. The molecule has 0 aliphatic carbocycles. The zero-order valence-corrected chi connectivity index (χ0v) is 10.7. The molecule has 100 valence electrons. The topological polar surface area (TPSA) is 121 Å². The van der Waals surface area contributed by atoms with Gasteiger partial charge >= 0.3 is 7.82 Å². The summed E-state index contributed by atoms with van der Waals surface area (Å²) >= 11 is 0. The molecule has 8 nitrogen and oxygen atoms in total. The summed E-state index contributed by atoms with van der Waals surface area (Å²) in [4.78, 5) is 25.6. The SMILES string of the molecule is CO/N=C/c1c(COP(=O)(O)O)cnc(C)c1O. The van der Waals surface area contributed by atoms with Crippen molar-refractivity contribution in [3.05, 3.63) is 23.0 Å². The molecule has 0 aliphatic heterocycles. The number of rotatable bonds is 5. The van der Waals surface area contributed by atoms with Crippen molar-refractivity contribution in [3.63, 3.8) is 0 Å². The van der Waals surface area contributed by atoms with Crippen LogP contribution in [0.5, 0.6) is 5.75 Å². The van der Waals surface area contributed by atoms with Crippen LogP contribution in [0.2, 0.25) is 0 Å². The van der Waals surface area contributed by atoms with Crippen molar-refractivity contribution in [2.75, 3.05) is 7.11 Å². The highest BCUT2D eigenvalue weighted by Crippen LogP contribution is 2.37. The average Bonchev–Trinajstić information content (AvgIpc) is 2.28. The molecule has 0 radical (unpaired) electrons. The monoisotopic (exact) mass is 276 g/mol. The molecule has 3 N–H and O–H groups in total. The summed E-state index contributed by atoms with van der Waals surface area (Å²) in [7, 11) is -3.26. The Morgan fingerprint density at radius 1 is 1.56 bits per heavy atom. The van der Waals surface area contributed by atoms with Crippen LogP contribution in [-0.2, 0) is 20.5 Å². The van der Waals surface area contributed by atoms with Crippen LogP contribution < -0.4 is 0 Å². The second kappa shape index (κ2) is 5.92. The predicted octanol–water partition coefficient (Wildman–Crippen LogP) is 0.685. The molecule has 1 heterocycles. The van der Waals surface area contributed by atoms with E-state index in [1.54, 1.807) is 6.92 Å². The maximum Gasteiger partial charge on any atom is 0.469 e. The second-order valence-corrected chi connectivity index (χ2v) is 4.55. The zero-order chi connectivity index (χ0) is 13.8. The molecule has 1 aromatic heterocycles. The molecule has 18 heavy (non-hydrogen) atoms. The van der Waals surface area contributed by atoms with E-state index in [4.69, 9.17) is 9.79 Å². The van der Waals surface area contributed by atoms with Crippen LogP contribution in [-0.4, -0.2) is 33.2 Å². The molecule has 0 aromatic carbocycles. The predicted molar refractivity (Wildman–Crippen MR) is 62.1 cm³/mol. The Labute approximate surface area is 103 Å². The first-order chi connectivity index (χ1) is 8.35. The molecule has 0 atom stereocenters. The summed E-state index contributed by atoms with van der Waals surface area (Å²) in [5.41, 5.74) is 0.868. The Kier molecular flexibility index (Phi) is 4.80. The van der Waals surface area contributed by atoms with Gasteiger partial charge in [0.1, 0.15) is 12.9 Å². The standard InChI is InChI=1S/C9H13N2O6P/c1-6-9(12)8(4-11-16-2)7(3-10-6)5-17-18(13,14)15/h3-4,12H,5H2,1-2H3,(H2,13,14,15)/b11-4+. The number of aryl methyl sites for hydroxylation is 1. The maximum absolute atomic E-state index is 10.6. The Morgan fingerprint density at radius 2 is 2.22 bits per heavy atom. The smallest absolute Gasteiger partial charge is 0.469 e. The Balaban J connectivity index is 3.07. The number of nitrogens with zero attached hydrogens (tertiary/aromatic N) is 2. The summed E-state index contributed by atoms with van der Waals surface area (Å²) in [6, 6.07) is 0. The van der Waals surface area contributed by atoms with Gasteiger partial charge in [-0.1, -0.05) is 5.16 Å². The summed E-state index contributed by atoms with van der Waals surface area (Å²) in [6.45, 7) is 1.17. The third kappa shape index (κ3) is 4.08. The number of aromatic hydroxyl groups is 1. The van der Waals surface area contributed by atoms with Gasteiger partial charge in [-0.2, -0.15) is 0 Å². The highest BCUT2D eigenvalue weighted by molar-refractivity contribution is 7.46. The van der Waals surface area contributed by atoms with Gasteiger partial charge in [0.2, 0.25) is 0 Å². The average molecular weight is 276 g/mol. The van der Waals surface area contributed by atoms with E-state index in [9.17, 15) is 9.67 Å². The molecule has 0 spiro atoms. The van der Waals surface area contributed by atoms with Crippen LogP contribution >= 0.6 is 7.82 Å². The number of oxime groups is 1. The summed E-state index contributed by atoms with van der Waals surface area (Å²) < 4.78 is 15.0. The first-order valence-electron chi connectivity index (χ1n) is 4.79. The lowest BCUT2D eigenvalue weighted by atomic mass is 10.1. The van der Waals surface area contributed by atoms with Gasteiger partial charge in [-0.15, -0.1) is 0 Å². The van der Waals surface area contributed by atoms with Crippen LogP contribution in [0, 0.1) is 6.92 Å². The normalized spacial score (nSPS) is 12.0. The molecule has 0 amide bonds. The van der Waals surface area contributed by atoms with E-state index in [1.807, 2.05) is 0 Å². The van der Waals surface area contributed by atoms with Crippen molar-refractivity contribution >= 4 is 14.0 Å². The molecular formula is C9H13N2O6P. The van der Waals surface area contributed by atoms with Crippen LogP contribution in [0.4, 0.5) is 0 Å². The number of pyridine rings is 1. The van der Waals surface area contributed by atoms with E-state index in [1.165, 1.54) is 19.5 Å². The first-order valence-corrected chi connectivity index (χ1v) is 6.32. The van der Waals surface area contributed by atoms with E-state index in [-0.39, 0.29) is 16.9 Å². The highest BCUT2D eigenvalue weighted by atomic mass is 31.2. The third-order valence-corrected chi connectivity index (χ3v) is 2.50. The second-order valence-electron chi connectivity index (χ2n) is 3.31. The molecule has 1 aromatic rings. The lowest BCUT2D eigenvalue weighted by molar-refractivity contribution is 0.188. The van der Waals surface area contributed by atoms with Crippen molar-refractivity contribution in [2.45, 2.75) is 13.5 Å². The molecular weight excluding hydrogens is 263 g/mol. The van der Waals surface area contributed by atoms with Gasteiger partial charge in [0.05, 0.1) is 18.5 Å². The van der Waals surface area contributed by atoms with Gasteiger partial charge in [0, 0.05) is 17.3 Å². The summed E-state index contributed by atoms with van der Waals surface area (Å²) in [5, 5.41) is 13.3. The lowest BCUT2D eigenvalue weighted by Gasteiger charge is -2.10. The summed E-state index contributed by atoms with van der Waals surface area (Å²) in [5.74, 6) is -0.150. The Morgan fingerprint density at radius 3 is 2.78 bits per heavy atom. The van der Waals surface area contributed by atoms with Crippen molar-refractivity contribution < 1.29 is 28.8 Å². The molecule has 0 saturated heterocycles. The Bertz CT molecular complexity index is 498. The van der Waals surface area contributed by atoms with Crippen molar-refractivity contribution in [3.8, 4) is 5.75 Å². The van der Waals surface area contributed by atoms with Gasteiger partial charge < -0.3 is 19.7 Å². The van der Waals surface area contributed by atoms with E-state index in [0.29, 0.717) is 5.69 Å². The van der Waals surface area contributed by atoms with E-state index in [0.717, 1.165) is 0 Å². The third-order valence-electron chi connectivity index (χ3n) is 2.03. The minimum atomic E-state index is -4.59. The molecule has 0 aliphatic rings. The molecule has 9 heteroatoms. The van der Waals surface area contributed by atoms with E-state index in [2.05, 4.69) is 19.5 Å². The van der Waals surface area contributed by atoms with Crippen molar-refractivity contribution in [2.24, 2.45) is 5.16 Å². The number of hydrogen-bond donors (Lipinski definition) is 3. The van der Waals surface area contributed by atoms with Gasteiger partial charge in [-0.25, -0.2) is 4.57 Å². The number of hydrogen-bond acceptors (Lipinski definition) is 6. The van der Waals surface area contributed by atoms with Gasteiger partial charge in [0.25, 0.3) is 0 Å². The van der Waals surface area contributed by atoms with Crippen LogP contribution in [0.25, 0.3) is 0 Å². The van der Waals surface area contributed by atoms with Gasteiger partial charge in [-0.3, -0.25) is 9.51 Å². The zero-order valence-electron chi connectivity index (χ0n) is 9.77. The molecule has 0 unspecified atom stereocenters. The molecule has 0 saturated carbocycles. The molecule has 0 bridgehead atoms.